The normalized spacial score (nSPS) is 15.2. The van der Waals surface area contributed by atoms with Crippen molar-refractivity contribution >= 4 is 23.1 Å². The molecule has 1 aliphatic heterocycles. The zero-order valence-corrected chi connectivity index (χ0v) is 14.4. The molecule has 2 aromatic carbocycles. The standard InChI is InChI=1S/C19H23NOS/c1-5-20-14-10-6-7-12-16(14)22-17-13(9-8-11-15(17)20)18(21)19(2,3)4/h6-12,18,21H,5H2,1-4H3/t18-/m1/s1. The van der Waals surface area contributed by atoms with Gasteiger partial charge in [-0.05, 0) is 36.1 Å². The maximum Gasteiger partial charge on any atom is 0.0849 e. The zero-order chi connectivity index (χ0) is 15.9. The molecular weight excluding hydrogens is 290 g/mol. The van der Waals surface area contributed by atoms with E-state index in [1.165, 1.54) is 21.2 Å². The summed E-state index contributed by atoms with van der Waals surface area (Å²) in [7, 11) is 0. The largest absolute Gasteiger partial charge is 0.388 e. The van der Waals surface area contributed by atoms with Gasteiger partial charge in [-0.3, -0.25) is 0 Å². The average molecular weight is 313 g/mol. The molecule has 0 amide bonds. The van der Waals surface area contributed by atoms with Crippen LogP contribution in [0.4, 0.5) is 11.4 Å². The minimum absolute atomic E-state index is 0.177. The highest BCUT2D eigenvalue weighted by Crippen LogP contribution is 2.51. The van der Waals surface area contributed by atoms with Crippen LogP contribution in [0.1, 0.15) is 39.4 Å². The molecule has 116 valence electrons. The third kappa shape index (κ3) is 2.53. The average Bonchev–Trinajstić information content (AvgIpc) is 2.50. The first kappa shape index (κ1) is 15.4. The lowest BCUT2D eigenvalue weighted by atomic mass is 9.84. The number of aliphatic hydroxyl groups excluding tert-OH is 1. The van der Waals surface area contributed by atoms with Crippen LogP contribution in [0.5, 0.6) is 0 Å². The number of fused-ring (bicyclic) bond motifs is 2. The monoisotopic (exact) mass is 313 g/mol. The van der Waals surface area contributed by atoms with Crippen LogP contribution in [-0.4, -0.2) is 11.7 Å². The van der Waals surface area contributed by atoms with Crippen molar-refractivity contribution in [2.24, 2.45) is 5.41 Å². The summed E-state index contributed by atoms with van der Waals surface area (Å²) in [5, 5.41) is 10.8. The van der Waals surface area contributed by atoms with Crippen molar-refractivity contribution in [3.05, 3.63) is 48.0 Å². The molecule has 22 heavy (non-hydrogen) atoms. The summed E-state index contributed by atoms with van der Waals surface area (Å²) >= 11 is 1.77. The number of anilines is 2. The lowest BCUT2D eigenvalue weighted by Gasteiger charge is -2.35. The summed E-state index contributed by atoms with van der Waals surface area (Å²) in [4.78, 5) is 4.77. The van der Waals surface area contributed by atoms with E-state index in [0.29, 0.717) is 0 Å². The molecule has 0 unspecified atom stereocenters. The van der Waals surface area contributed by atoms with Crippen LogP contribution < -0.4 is 4.90 Å². The molecular formula is C19H23NOS. The Kier molecular flexibility index (Phi) is 3.96. The molecule has 1 atom stereocenters. The maximum atomic E-state index is 10.8. The van der Waals surface area contributed by atoms with Gasteiger partial charge < -0.3 is 10.0 Å². The van der Waals surface area contributed by atoms with Crippen molar-refractivity contribution < 1.29 is 5.11 Å². The van der Waals surface area contributed by atoms with E-state index in [1.807, 2.05) is 0 Å². The van der Waals surface area contributed by atoms with Crippen LogP contribution in [0, 0.1) is 5.41 Å². The van der Waals surface area contributed by atoms with Gasteiger partial charge in [0.2, 0.25) is 0 Å². The Morgan fingerprint density at radius 3 is 2.41 bits per heavy atom. The van der Waals surface area contributed by atoms with Gasteiger partial charge in [0, 0.05) is 16.3 Å². The third-order valence-corrected chi connectivity index (χ3v) is 5.33. The predicted molar refractivity (Wildman–Crippen MR) is 94.1 cm³/mol. The second-order valence-corrected chi connectivity index (χ2v) is 7.83. The highest BCUT2D eigenvalue weighted by molar-refractivity contribution is 7.99. The van der Waals surface area contributed by atoms with E-state index in [9.17, 15) is 5.11 Å². The maximum absolute atomic E-state index is 10.8. The van der Waals surface area contributed by atoms with Crippen molar-refractivity contribution in [3.63, 3.8) is 0 Å². The molecule has 1 heterocycles. The summed E-state index contributed by atoms with van der Waals surface area (Å²) in [5.74, 6) is 0. The van der Waals surface area contributed by atoms with Gasteiger partial charge in [0.05, 0.1) is 17.5 Å². The lowest BCUT2D eigenvalue weighted by Crippen LogP contribution is -2.23. The Bertz CT molecular complexity index is 690. The number of rotatable bonds is 2. The summed E-state index contributed by atoms with van der Waals surface area (Å²) in [6, 6.07) is 14.8. The molecule has 2 nitrogen and oxygen atoms in total. The van der Waals surface area contributed by atoms with Gasteiger partial charge in [-0.2, -0.15) is 0 Å². The topological polar surface area (TPSA) is 23.5 Å². The number of nitrogens with zero attached hydrogens (tertiary/aromatic N) is 1. The van der Waals surface area contributed by atoms with Crippen LogP contribution in [0.15, 0.2) is 52.3 Å². The molecule has 3 heteroatoms. The number of benzene rings is 2. The quantitative estimate of drug-likeness (QED) is 0.804. The van der Waals surface area contributed by atoms with Crippen molar-refractivity contribution in [2.75, 3.05) is 11.4 Å². The minimum Gasteiger partial charge on any atom is -0.388 e. The van der Waals surface area contributed by atoms with E-state index in [2.05, 4.69) is 75.1 Å². The van der Waals surface area contributed by atoms with E-state index in [1.54, 1.807) is 11.8 Å². The smallest absolute Gasteiger partial charge is 0.0849 e. The van der Waals surface area contributed by atoms with Crippen molar-refractivity contribution in [2.45, 2.75) is 43.6 Å². The molecule has 0 aromatic heterocycles. The Hall–Kier alpha value is -1.45. The van der Waals surface area contributed by atoms with E-state index in [-0.39, 0.29) is 5.41 Å². The molecule has 0 bridgehead atoms. The number of aliphatic hydroxyl groups is 1. The van der Waals surface area contributed by atoms with Crippen molar-refractivity contribution in [3.8, 4) is 0 Å². The van der Waals surface area contributed by atoms with E-state index in [4.69, 9.17) is 0 Å². The van der Waals surface area contributed by atoms with Crippen molar-refractivity contribution in [1.29, 1.82) is 0 Å². The first-order chi connectivity index (χ1) is 10.4. The zero-order valence-electron chi connectivity index (χ0n) is 13.6. The van der Waals surface area contributed by atoms with E-state index in [0.717, 1.165) is 12.1 Å². The van der Waals surface area contributed by atoms with Gasteiger partial charge in [0.1, 0.15) is 0 Å². The molecule has 0 aliphatic carbocycles. The highest BCUT2D eigenvalue weighted by atomic mass is 32.2. The molecule has 0 saturated heterocycles. The van der Waals surface area contributed by atoms with Crippen LogP contribution in [0.2, 0.25) is 0 Å². The number of hydrogen-bond donors (Lipinski definition) is 1. The molecule has 0 spiro atoms. The van der Waals surface area contributed by atoms with Crippen molar-refractivity contribution in [1.82, 2.24) is 0 Å². The molecule has 0 fully saturated rings. The number of para-hydroxylation sites is 1. The van der Waals surface area contributed by atoms with Crippen LogP contribution in [0.3, 0.4) is 0 Å². The summed E-state index contributed by atoms with van der Waals surface area (Å²) in [6.45, 7) is 9.32. The van der Waals surface area contributed by atoms with Gasteiger partial charge >= 0.3 is 0 Å². The van der Waals surface area contributed by atoms with Gasteiger partial charge in [-0.25, -0.2) is 0 Å². The van der Waals surface area contributed by atoms with Gasteiger partial charge in [-0.15, -0.1) is 0 Å². The first-order valence-electron chi connectivity index (χ1n) is 7.79. The highest BCUT2D eigenvalue weighted by Gasteiger charge is 2.30. The van der Waals surface area contributed by atoms with Crippen LogP contribution in [0.25, 0.3) is 0 Å². The molecule has 0 radical (unpaired) electrons. The minimum atomic E-state index is -0.473. The fourth-order valence-electron chi connectivity index (χ4n) is 2.89. The van der Waals surface area contributed by atoms with Gasteiger partial charge in [0.25, 0.3) is 0 Å². The fraction of sp³-hybridized carbons (Fsp3) is 0.368. The Morgan fingerprint density at radius 2 is 1.73 bits per heavy atom. The second kappa shape index (κ2) is 5.64. The fourth-order valence-corrected chi connectivity index (χ4v) is 4.12. The Morgan fingerprint density at radius 1 is 1.05 bits per heavy atom. The molecule has 2 aromatic rings. The number of hydrogen-bond acceptors (Lipinski definition) is 3. The van der Waals surface area contributed by atoms with Crippen LogP contribution >= 0.6 is 11.8 Å². The third-order valence-electron chi connectivity index (χ3n) is 4.11. The van der Waals surface area contributed by atoms with Gasteiger partial charge in [0.15, 0.2) is 0 Å². The predicted octanol–water partition coefficient (Wildman–Crippen LogP) is 5.39. The summed E-state index contributed by atoms with van der Waals surface area (Å²) in [6.07, 6.45) is -0.473. The first-order valence-corrected chi connectivity index (χ1v) is 8.60. The van der Waals surface area contributed by atoms with Gasteiger partial charge in [-0.1, -0.05) is 56.8 Å². The Balaban J connectivity index is 2.15. The van der Waals surface area contributed by atoms with E-state index >= 15 is 0 Å². The molecule has 1 aliphatic rings. The Labute approximate surface area is 137 Å². The van der Waals surface area contributed by atoms with Crippen LogP contribution in [-0.2, 0) is 0 Å². The summed E-state index contributed by atoms with van der Waals surface area (Å²) in [5.41, 5.74) is 3.31. The second-order valence-electron chi connectivity index (χ2n) is 6.78. The molecule has 3 rings (SSSR count). The molecule has 1 N–H and O–H groups in total. The summed E-state index contributed by atoms with van der Waals surface area (Å²) < 4.78 is 0. The molecule has 0 saturated carbocycles. The SMILES string of the molecule is CCN1c2ccccc2Sc2c([C@@H](O)C(C)(C)C)cccc21. The lowest BCUT2D eigenvalue weighted by molar-refractivity contribution is 0.0605. The van der Waals surface area contributed by atoms with E-state index < -0.39 is 6.10 Å².